The third kappa shape index (κ3) is 9.62. The number of carbonyl (C=O) groups is 4. The zero-order chi connectivity index (χ0) is 24.9. The lowest BCUT2D eigenvalue weighted by atomic mass is 9.98. The zero-order valence-corrected chi connectivity index (χ0v) is 19.5. The van der Waals surface area contributed by atoms with Gasteiger partial charge in [0.15, 0.2) is 0 Å². The van der Waals surface area contributed by atoms with Crippen LogP contribution in [0.3, 0.4) is 0 Å². The molecule has 1 heterocycles. The predicted molar refractivity (Wildman–Crippen MR) is 123 cm³/mol. The molecule has 4 N–H and O–H groups in total. The molecule has 1 aromatic carbocycles. The van der Waals surface area contributed by atoms with E-state index in [1.165, 1.54) is 0 Å². The Morgan fingerprint density at radius 1 is 1.21 bits per heavy atom. The maximum atomic E-state index is 12.6. The lowest BCUT2D eigenvalue weighted by molar-refractivity contribution is -0.151. The highest BCUT2D eigenvalue weighted by atomic mass is 16.6. The molecule has 1 aliphatic heterocycles. The van der Waals surface area contributed by atoms with E-state index >= 15 is 0 Å². The number of hydrogen-bond acceptors (Lipinski definition) is 7. The number of benzene rings is 1. The monoisotopic (exact) mass is 475 g/mol. The fourth-order valence-electron chi connectivity index (χ4n) is 3.21. The van der Waals surface area contributed by atoms with Gasteiger partial charge in [-0.05, 0) is 32.3 Å². The first-order chi connectivity index (χ1) is 16.3. The summed E-state index contributed by atoms with van der Waals surface area (Å²) in [6.07, 6.45) is 2.30. The van der Waals surface area contributed by atoms with E-state index in [-0.39, 0.29) is 50.8 Å². The molecule has 0 fully saturated rings. The number of carbonyl (C=O) groups excluding carboxylic acids is 4. The van der Waals surface area contributed by atoms with Crippen molar-refractivity contribution >= 4 is 23.9 Å². The van der Waals surface area contributed by atoms with E-state index in [0.717, 1.165) is 5.56 Å². The second-order valence-corrected chi connectivity index (χ2v) is 8.25. The van der Waals surface area contributed by atoms with Gasteiger partial charge in [-0.1, -0.05) is 42.5 Å². The summed E-state index contributed by atoms with van der Waals surface area (Å²) < 4.78 is 10.6. The maximum Gasteiger partial charge on any atom is 0.408 e. The van der Waals surface area contributed by atoms with Crippen LogP contribution < -0.4 is 16.0 Å². The minimum absolute atomic E-state index is 0.0534. The molecule has 10 heteroatoms. The Bertz CT molecular complexity index is 859. The van der Waals surface area contributed by atoms with Crippen LogP contribution in [-0.2, 0) is 30.5 Å². The van der Waals surface area contributed by atoms with E-state index in [9.17, 15) is 19.2 Å². The molecule has 4 unspecified atom stereocenters. The summed E-state index contributed by atoms with van der Waals surface area (Å²) in [4.78, 5) is 49.5. The summed E-state index contributed by atoms with van der Waals surface area (Å²) in [5.41, 5.74) is 0.812. The standard InChI is InChI=1S/C24H33N3O7/c1-16(14-28)26-21(29)12-19-10-6-7-11-20(23(31)34-17(2)13-25-22(19)30)27-24(32)33-15-18-8-4-3-5-9-18/h3-9,16-17,19-20,28H,10-15H2,1-2H3,(H,25,30)(H,26,29)(H,27,32). The first-order valence-electron chi connectivity index (χ1n) is 11.3. The van der Waals surface area contributed by atoms with Gasteiger partial charge in [0.1, 0.15) is 18.8 Å². The number of aliphatic hydroxyl groups is 1. The number of ether oxygens (including phenoxy) is 2. The van der Waals surface area contributed by atoms with Gasteiger partial charge in [-0.3, -0.25) is 9.59 Å². The third-order valence-corrected chi connectivity index (χ3v) is 5.11. The number of hydrogen-bond donors (Lipinski definition) is 4. The lowest BCUT2D eigenvalue weighted by Crippen LogP contribution is -2.45. The summed E-state index contributed by atoms with van der Waals surface area (Å²) in [6, 6.07) is 7.77. The molecule has 0 aliphatic carbocycles. The van der Waals surface area contributed by atoms with Crippen LogP contribution in [0, 0.1) is 5.92 Å². The van der Waals surface area contributed by atoms with Crippen molar-refractivity contribution in [3.8, 4) is 0 Å². The first kappa shape index (κ1) is 26.8. The van der Waals surface area contributed by atoms with E-state index in [0.29, 0.717) is 0 Å². The van der Waals surface area contributed by atoms with Crippen LogP contribution in [0.1, 0.15) is 38.7 Å². The Morgan fingerprint density at radius 3 is 2.62 bits per heavy atom. The number of aliphatic hydroxyl groups excluding tert-OH is 1. The van der Waals surface area contributed by atoms with Crippen molar-refractivity contribution in [2.45, 2.75) is 57.9 Å². The van der Waals surface area contributed by atoms with Crippen molar-refractivity contribution < 1.29 is 33.8 Å². The van der Waals surface area contributed by atoms with Gasteiger partial charge < -0.3 is 30.5 Å². The molecular weight excluding hydrogens is 442 g/mol. The molecule has 186 valence electrons. The summed E-state index contributed by atoms with van der Waals surface area (Å²) in [6.45, 7) is 3.20. The van der Waals surface area contributed by atoms with Crippen LogP contribution in [0.2, 0.25) is 0 Å². The maximum absolute atomic E-state index is 12.6. The van der Waals surface area contributed by atoms with Gasteiger partial charge in [-0.15, -0.1) is 0 Å². The van der Waals surface area contributed by atoms with Crippen LogP contribution in [0.4, 0.5) is 4.79 Å². The summed E-state index contributed by atoms with van der Waals surface area (Å²) in [5, 5.41) is 16.9. The van der Waals surface area contributed by atoms with Crippen LogP contribution in [0.15, 0.2) is 42.5 Å². The van der Waals surface area contributed by atoms with Gasteiger partial charge in [0.25, 0.3) is 0 Å². The molecule has 0 saturated heterocycles. The van der Waals surface area contributed by atoms with Gasteiger partial charge >= 0.3 is 12.1 Å². The molecule has 0 bridgehead atoms. The molecule has 1 aromatic rings. The molecule has 34 heavy (non-hydrogen) atoms. The van der Waals surface area contributed by atoms with Crippen LogP contribution in [0.25, 0.3) is 0 Å². The minimum Gasteiger partial charge on any atom is -0.459 e. The summed E-state index contributed by atoms with van der Waals surface area (Å²) in [5.74, 6) is -1.95. The highest BCUT2D eigenvalue weighted by molar-refractivity contribution is 5.86. The van der Waals surface area contributed by atoms with Crippen molar-refractivity contribution in [1.29, 1.82) is 0 Å². The number of esters is 1. The largest absolute Gasteiger partial charge is 0.459 e. The van der Waals surface area contributed by atoms with Crippen molar-refractivity contribution in [3.63, 3.8) is 0 Å². The van der Waals surface area contributed by atoms with E-state index in [1.54, 1.807) is 26.0 Å². The molecule has 4 atom stereocenters. The molecule has 2 rings (SSSR count). The highest BCUT2D eigenvalue weighted by Gasteiger charge is 2.26. The van der Waals surface area contributed by atoms with Crippen LogP contribution >= 0.6 is 0 Å². The fraction of sp³-hybridized carbons (Fsp3) is 0.500. The molecule has 0 saturated carbocycles. The smallest absolute Gasteiger partial charge is 0.408 e. The Labute approximate surface area is 199 Å². The minimum atomic E-state index is -0.968. The zero-order valence-electron chi connectivity index (χ0n) is 19.5. The second kappa shape index (κ2) is 14.0. The topological polar surface area (TPSA) is 143 Å². The molecule has 0 aromatic heterocycles. The van der Waals surface area contributed by atoms with Crippen LogP contribution in [-0.4, -0.2) is 60.3 Å². The number of allylic oxidation sites excluding steroid dienone is 1. The van der Waals surface area contributed by atoms with Crippen LogP contribution in [0.5, 0.6) is 0 Å². The Kier molecular flexibility index (Phi) is 11.0. The van der Waals surface area contributed by atoms with E-state index < -0.39 is 36.2 Å². The molecule has 3 amide bonds. The predicted octanol–water partition coefficient (Wildman–Crippen LogP) is 1.18. The van der Waals surface area contributed by atoms with Crippen molar-refractivity contribution in [2.75, 3.05) is 13.2 Å². The van der Waals surface area contributed by atoms with Gasteiger partial charge in [-0.25, -0.2) is 9.59 Å². The average molecular weight is 476 g/mol. The highest BCUT2D eigenvalue weighted by Crippen LogP contribution is 2.13. The van der Waals surface area contributed by atoms with Gasteiger partial charge in [0.2, 0.25) is 11.8 Å². The molecule has 0 radical (unpaired) electrons. The average Bonchev–Trinajstić information content (AvgIpc) is 2.82. The Balaban J connectivity index is 2.00. The first-order valence-corrected chi connectivity index (χ1v) is 11.3. The third-order valence-electron chi connectivity index (χ3n) is 5.11. The van der Waals surface area contributed by atoms with Crippen molar-refractivity contribution in [3.05, 3.63) is 48.0 Å². The number of cyclic esters (lactones) is 1. The molecular formula is C24H33N3O7. The summed E-state index contributed by atoms with van der Waals surface area (Å²) in [7, 11) is 0. The van der Waals surface area contributed by atoms with E-state index in [1.807, 2.05) is 30.3 Å². The van der Waals surface area contributed by atoms with Gasteiger partial charge in [0, 0.05) is 12.5 Å². The summed E-state index contributed by atoms with van der Waals surface area (Å²) >= 11 is 0. The fourth-order valence-corrected chi connectivity index (χ4v) is 3.21. The number of alkyl carbamates (subject to hydrolysis) is 1. The second-order valence-electron chi connectivity index (χ2n) is 8.25. The number of nitrogens with one attached hydrogen (secondary N) is 3. The Morgan fingerprint density at radius 2 is 1.91 bits per heavy atom. The Hall–Kier alpha value is -3.40. The normalized spacial score (nSPS) is 22.3. The van der Waals surface area contributed by atoms with Crippen molar-refractivity contribution in [1.82, 2.24) is 16.0 Å². The quantitative estimate of drug-likeness (QED) is 0.343. The molecule has 0 spiro atoms. The van der Waals surface area contributed by atoms with Gasteiger partial charge in [0.05, 0.1) is 19.1 Å². The number of amides is 3. The lowest BCUT2D eigenvalue weighted by Gasteiger charge is -2.22. The van der Waals surface area contributed by atoms with E-state index in [2.05, 4.69) is 16.0 Å². The van der Waals surface area contributed by atoms with Gasteiger partial charge in [-0.2, -0.15) is 0 Å². The number of rotatable bonds is 7. The van der Waals surface area contributed by atoms with Crippen molar-refractivity contribution in [2.24, 2.45) is 5.92 Å². The van der Waals surface area contributed by atoms with E-state index in [4.69, 9.17) is 14.6 Å². The molecule has 1 aliphatic rings. The SMILES string of the molecule is CC(CO)NC(=O)CC1CC=CCC(NC(=O)OCc2ccccc2)C(=O)OC(C)CNC1=O. The molecule has 10 nitrogen and oxygen atoms in total.